The maximum absolute atomic E-state index is 14.1. The molecule has 0 aliphatic carbocycles. The Morgan fingerprint density at radius 1 is 0.889 bits per heavy atom. The number of hydrogen-bond acceptors (Lipinski definition) is 7. The molecule has 1 amide bonds. The van der Waals surface area contributed by atoms with Gasteiger partial charge in [0.1, 0.15) is 11.5 Å². The van der Waals surface area contributed by atoms with E-state index in [2.05, 4.69) is 5.32 Å². The fraction of sp³-hybridized carbons (Fsp3) is 0.229. The van der Waals surface area contributed by atoms with Crippen LogP contribution < -0.4 is 15.5 Å². The molecule has 9 nitrogen and oxygen atoms in total. The van der Waals surface area contributed by atoms with Crippen molar-refractivity contribution in [3.05, 3.63) is 113 Å². The molecule has 1 aromatic heterocycles. The zero-order valence-electron chi connectivity index (χ0n) is 24.8. The Bertz CT molecular complexity index is 1680. The molecule has 0 unspecified atom stereocenters. The van der Waals surface area contributed by atoms with Gasteiger partial charge in [-0.25, -0.2) is 4.39 Å². The molecule has 4 aromatic rings. The number of carbonyl (C=O) groups is 3. The van der Waals surface area contributed by atoms with E-state index in [4.69, 9.17) is 0 Å². The van der Waals surface area contributed by atoms with Crippen LogP contribution in [0.2, 0.25) is 0 Å². The lowest BCUT2D eigenvalue weighted by atomic mass is 9.94. The van der Waals surface area contributed by atoms with Gasteiger partial charge in [0.25, 0.3) is 5.91 Å². The Morgan fingerprint density at radius 2 is 1.51 bits per heavy atom. The first-order chi connectivity index (χ1) is 21.5. The summed E-state index contributed by atoms with van der Waals surface area (Å²) < 4.78 is 15.8. The molecule has 3 N–H and O–H groups in total. The van der Waals surface area contributed by atoms with Crippen LogP contribution in [0.5, 0.6) is 0 Å². The summed E-state index contributed by atoms with van der Waals surface area (Å²) in [6, 6.07) is 20.7. The van der Waals surface area contributed by atoms with Crippen molar-refractivity contribution in [1.29, 1.82) is 0 Å². The molecule has 10 heteroatoms. The first kappa shape index (κ1) is 32.8. The summed E-state index contributed by atoms with van der Waals surface area (Å²) >= 11 is 0. The number of aliphatic hydroxyl groups is 2. The van der Waals surface area contributed by atoms with Gasteiger partial charge in [-0.2, -0.15) is 0 Å². The van der Waals surface area contributed by atoms with Gasteiger partial charge in [0.15, 0.2) is 0 Å². The minimum atomic E-state index is -1.44. The average molecular weight is 613 g/mol. The number of benzene rings is 3. The van der Waals surface area contributed by atoms with Gasteiger partial charge in [-0.05, 0) is 54.3 Å². The molecule has 45 heavy (non-hydrogen) atoms. The van der Waals surface area contributed by atoms with Crippen LogP contribution in [0.3, 0.4) is 0 Å². The molecule has 0 spiro atoms. The summed E-state index contributed by atoms with van der Waals surface area (Å²) in [6.45, 7) is 3.86. The third kappa shape index (κ3) is 8.11. The van der Waals surface area contributed by atoms with Crippen LogP contribution in [0.25, 0.3) is 28.3 Å². The van der Waals surface area contributed by atoms with Crippen LogP contribution in [0, 0.1) is 5.82 Å². The van der Waals surface area contributed by atoms with Gasteiger partial charge < -0.3 is 39.9 Å². The largest absolute Gasteiger partial charge is 0.550 e. The molecular formula is C35H33FN2O7-2. The number of nitrogens with zero attached hydrogens (tertiary/aromatic N) is 1. The van der Waals surface area contributed by atoms with E-state index in [1.807, 2.05) is 44.2 Å². The summed E-state index contributed by atoms with van der Waals surface area (Å²) in [5, 5.41) is 45.6. The molecular weight excluding hydrogens is 579 g/mol. The quantitative estimate of drug-likeness (QED) is 0.210. The molecule has 0 saturated heterocycles. The summed E-state index contributed by atoms with van der Waals surface area (Å²) in [5.41, 5.74) is 3.96. The predicted octanol–water partition coefficient (Wildman–Crippen LogP) is 3.10. The van der Waals surface area contributed by atoms with Crippen molar-refractivity contribution in [3.63, 3.8) is 0 Å². The number of aromatic carboxylic acids is 1. The minimum absolute atomic E-state index is 0.0137. The summed E-state index contributed by atoms with van der Waals surface area (Å²) in [5.74, 6) is -3.62. The van der Waals surface area contributed by atoms with Crippen LogP contribution in [-0.2, 0) is 11.3 Å². The van der Waals surface area contributed by atoms with E-state index in [0.29, 0.717) is 39.2 Å². The summed E-state index contributed by atoms with van der Waals surface area (Å²) in [4.78, 5) is 36.1. The Hall–Kier alpha value is -5.06. The minimum Gasteiger partial charge on any atom is -0.550 e. The molecule has 0 fully saturated rings. The first-order valence-corrected chi connectivity index (χ1v) is 14.4. The molecule has 1 heterocycles. The van der Waals surface area contributed by atoms with Crippen molar-refractivity contribution >= 4 is 23.9 Å². The van der Waals surface area contributed by atoms with Crippen molar-refractivity contribution in [2.75, 3.05) is 0 Å². The summed E-state index contributed by atoms with van der Waals surface area (Å²) in [6.07, 6.45) is -0.421. The van der Waals surface area contributed by atoms with Gasteiger partial charge in [-0.1, -0.05) is 72.8 Å². The molecule has 2 atom stereocenters. The number of carboxylic acid groups (broad SMARTS) is 2. The zero-order chi connectivity index (χ0) is 32.7. The number of carboxylic acids is 2. The van der Waals surface area contributed by atoms with Crippen molar-refractivity contribution in [3.8, 4) is 22.3 Å². The van der Waals surface area contributed by atoms with Crippen molar-refractivity contribution < 1.29 is 39.2 Å². The second-order valence-corrected chi connectivity index (χ2v) is 10.9. The number of nitrogens with one attached hydrogen (secondary N) is 1. The van der Waals surface area contributed by atoms with Gasteiger partial charge in [0.05, 0.1) is 18.2 Å². The van der Waals surface area contributed by atoms with Crippen LogP contribution >= 0.6 is 0 Å². The predicted molar refractivity (Wildman–Crippen MR) is 163 cm³/mol. The average Bonchev–Trinajstić information content (AvgIpc) is 3.35. The number of aliphatic carboxylic acids is 1. The lowest BCUT2D eigenvalue weighted by Crippen LogP contribution is -2.29. The lowest BCUT2D eigenvalue weighted by molar-refractivity contribution is -0.307. The number of aromatic nitrogens is 1. The topological polar surface area (TPSA) is 155 Å². The van der Waals surface area contributed by atoms with Crippen LogP contribution in [0.4, 0.5) is 4.39 Å². The highest BCUT2D eigenvalue weighted by atomic mass is 19.1. The maximum Gasteiger partial charge on any atom is 0.268 e. The van der Waals surface area contributed by atoms with Crippen LogP contribution in [0.15, 0.2) is 84.9 Å². The first-order valence-electron chi connectivity index (χ1n) is 14.4. The Balaban J connectivity index is 1.87. The van der Waals surface area contributed by atoms with Crippen molar-refractivity contribution in [2.45, 2.75) is 51.5 Å². The van der Waals surface area contributed by atoms with E-state index in [1.165, 1.54) is 30.3 Å². The van der Waals surface area contributed by atoms with E-state index in [9.17, 15) is 39.2 Å². The third-order valence-corrected chi connectivity index (χ3v) is 7.21. The standard InChI is InChI=1S/C35H35FN2O7/c1-21(2)38-29(17-16-27(39)18-28(40)19-30(41)42)31(24-12-14-26(36)15-13-24)32(23-6-4-3-5-7-23)33(38)34(43)37-20-22-8-10-25(11-9-22)35(44)45/h3-17,21,27-28,39-40H,18-20H2,1-2H3,(H,37,43)(H,41,42)(H,44,45)/p-2/b17-16+/t27-,28-/m1/s1. The Labute approximate surface area is 259 Å². The molecule has 3 aromatic carbocycles. The highest BCUT2D eigenvalue weighted by Gasteiger charge is 2.29. The molecule has 0 aliphatic rings. The smallest absolute Gasteiger partial charge is 0.268 e. The highest BCUT2D eigenvalue weighted by molar-refractivity contribution is 6.06. The van der Waals surface area contributed by atoms with E-state index < -0.39 is 42.3 Å². The number of aliphatic hydroxyl groups excluding tert-OH is 2. The number of rotatable bonds is 13. The monoisotopic (exact) mass is 612 g/mol. The molecule has 0 bridgehead atoms. The van der Waals surface area contributed by atoms with Crippen LogP contribution in [0.1, 0.15) is 64.8 Å². The van der Waals surface area contributed by atoms with E-state index in [0.717, 1.165) is 0 Å². The second-order valence-electron chi connectivity index (χ2n) is 10.9. The fourth-order valence-electron chi connectivity index (χ4n) is 5.19. The van der Waals surface area contributed by atoms with Crippen molar-refractivity contribution in [1.82, 2.24) is 9.88 Å². The number of halogens is 1. The SMILES string of the molecule is CC(C)n1c(/C=C/[C@@H](O)C[C@@H](O)CC(=O)[O-])c(-c2ccc(F)cc2)c(-c2ccccc2)c1C(=O)NCc1ccc(C(=O)[O-])cc1. The Kier molecular flexibility index (Phi) is 10.7. The van der Waals surface area contributed by atoms with Gasteiger partial charge in [-0.15, -0.1) is 0 Å². The molecule has 4 rings (SSSR count). The van der Waals surface area contributed by atoms with E-state index in [-0.39, 0.29) is 24.6 Å². The number of carbonyl (C=O) groups excluding carboxylic acids is 3. The molecule has 0 aliphatic heterocycles. The zero-order valence-corrected chi connectivity index (χ0v) is 24.8. The fourth-order valence-corrected chi connectivity index (χ4v) is 5.19. The van der Waals surface area contributed by atoms with Gasteiger partial charge >= 0.3 is 0 Å². The van der Waals surface area contributed by atoms with Crippen LogP contribution in [-0.4, -0.2) is 44.8 Å². The third-order valence-electron chi connectivity index (χ3n) is 7.21. The van der Waals surface area contributed by atoms with Gasteiger partial charge in [0, 0.05) is 48.2 Å². The van der Waals surface area contributed by atoms with E-state index in [1.54, 1.807) is 34.9 Å². The second kappa shape index (κ2) is 14.6. The number of amides is 1. The van der Waals surface area contributed by atoms with Crippen molar-refractivity contribution in [2.24, 2.45) is 0 Å². The maximum atomic E-state index is 14.1. The van der Waals surface area contributed by atoms with Gasteiger partial charge in [-0.3, -0.25) is 4.79 Å². The normalized spacial score (nSPS) is 12.8. The Morgan fingerprint density at radius 3 is 2.09 bits per heavy atom. The lowest BCUT2D eigenvalue weighted by Gasteiger charge is -2.18. The summed E-state index contributed by atoms with van der Waals surface area (Å²) in [7, 11) is 0. The van der Waals surface area contributed by atoms with Gasteiger partial charge in [0.2, 0.25) is 0 Å². The molecule has 0 radical (unpaired) electrons. The molecule has 0 saturated carbocycles. The van der Waals surface area contributed by atoms with E-state index >= 15 is 0 Å². The highest BCUT2D eigenvalue weighted by Crippen LogP contribution is 2.42. The molecule has 234 valence electrons. The number of hydrogen-bond donors (Lipinski definition) is 3.